The normalized spacial score (nSPS) is 22.3. The van der Waals surface area contributed by atoms with Gasteiger partial charge in [0.15, 0.2) is 5.78 Å². The Morgan fingerprint density at radius 2 is 1.74 bits per heavy atom. The number of nitrogens with zero attached hydrogens (tertiary/aromatic N) is 5. The first-order valence-corrected chi connectivity index (χ1v) is 10.5. The maximum Gasteiger partial charge on any atom is 0.410 e. The van der Waals surface area contributed by atoms with Crippen LogP contribution in [0, 0.1) is 5.92 Å². The van der Waals surface area contributed by atoms with Crippen LogP contribution < -0.4 is 0 Å². The molecular weight excluding hydrogens is 394 g/mol. The Bertz CT molecular complexity index is 1040. The van der Waals surface area contributed by atoms with Crippen LogP contribution in [-0.2, 0) is 11.3 Å². The molecule has 0 saturated carbocycles. The molecule has 1 aromatic carbocycles. The minimum absolute atomic E-state index is 0.0436. The Morgan fingerprint density at radius 3 is 2.39 bits per heavy atom. The molecule has 2 aliphatic heterocycles. The highest BCUT2D eigenvalue weighted by molar-refractivity contribution is 5.97. The van der Waals surface area contributed by atoms with E-state index in [0.29, 0.717) is 24.4 Å². The van der Waals surface area contributed by atoms with Crippen LogP contribution in [0.25, 0.3) is 5.95 Å². The molecule has 0 radical (unpaired) electrons. The summed E-state index contributed by atoms with van der Waals surface area (Å²) in [5, 5.41) is 0. The zero-order valence-electron chi connectivity index (χ0n) is 17.0. The highest BCUT2D eigenvalue weighted by atomic mass is 16.6. The number of ketones is 1. The summed E-state index contributed by atoms with van der Waals surface area (Å²) < 4.78 is 7.24. The van der Waals surface area contributed by atoms with Crippen molar-refractivity contribution in [3.05, 3.63) is 72.6 Å². The molecular formula is C23H23N5O3. The number of carbonyl (C=O) groups is 2. The lowest BCUT2D eigenvalue weighted by atomic mass is 9.85. The molecule has 158 valence electrons. The molecule has 2 aliphatic rings. The Balaban J connectivity index is 1.22. The van der Waals surface area contributed by atoms with Crippen molar-refractivity contribution in [2.45, 2.75) is 44.4 Å². The molecule has 4 heterocycles. The molecule has 2 unspecified atom stereocenters. The van der Waals surface area contributed by atoms with Crippen LogP contribution in [0.5, 0.6) is 0 Å². The summed E-state index contributed by atoms with van der Waals surface area (Å²) in [6.45, 7) is 0.262. The molecule has 1 amide bonds. The Kier molecular flexibility index (Phi) is 5.19. The zero-order valence-corrected chi connectivity index (χ0v) is 17.0. The number of hydrogen-bond donors (Lipinski definition) is 0. The Morgan fingerprint density at radius 1 is 1.03 bits per heavy atom. The van der Waals surface area contributed by atoms with Gasteiger partial charge in [0.1, 0.15) is 12.9 Å². The number of ether oxygens (including phenoxy) is 1. The molecule has 0 aliphatic carbocycles. The van der Waals surface area contributed by atoms with Crippen molar-refractivity contribution in [2.24, 2.45) is 5.92 Å². The molecule has 5 rings (SSSR count). The van der Waals surface area contributed by atoms with Crippen molar-refractivity contribution in [3.8, 4) is 5.95 Å². The van der Waals surface area contributed by atoms with Crippen LogP contribution in [0.15, 0.2) is 61.4 Å². The fourth-order valence-electron chi connectivity index (χ4n) is 4.68. The molecule has 2 aromatic heterocycles. The second-order valence-corrected chi connectivity index (χ2v) is 8.11. The maximum atomic E-state index is 13.1. The first kappa shape index (κ1) is 19.4. The number of hydrogen-bond acceptors (Lipinski definition) is 6. The van der Waals surface area contributed by atoms with Crippen LogP contribution in [-0.4, -0.2) is 48.4 Å². The van der Waals surface area contributed by atoms with Crippen LogP contribution in [0.3, 0.4) is 0 Å². The number of carbonyl (C=O) groups excluding carboxylic acids is 2. The van der Waals surface area contributed by atoms with E-state index in [1.165, 1.54) is 0 Å². The van der Waals surface area contributed by atoms with Gasteiger partial charge >= 0.3 is 6.09 Å². The number of aromatic nitrogens is 4. The van der Waals surface area contributed by atoms with Gasteiger partial charge in [0.2, 0.25) is 5.95 Å². The Hall–Kier alpha value is -3.55. The summed E-state index contributed by atoms with van der Waals surface area (Å²) >= 11 is 0. The largest absolute Gasteiger partial charge is 0.445 e. The quantitative estimate of drug-likeness (QED) is 0.591. The first-order valence-electron chi connectivity index (χ1n) is 10.5. The third-order valence-corrected chi connectivity index (χ3v) is 6.18. The fraction of sp³-hybridized carbons (Fsp3) is 0.348. The van der Waals surface area contributed by atoms with Crippen molar-refractivity contribution < 1.29 is 14.3 Å². The summed E-state index contributed by atoms with van der Waals surface area (Å²) in [6.07, 6.45) is 11.0. The summed E-state index contributed by atoms with van der Waals surface area (Å²) in [6, 6.07) is 9.75. The number of benzene rings is 1. The van der Waals surface area contributed by atoms with Gasteiger partial charge in [0.05, 0.1) is 5.56 Å². The van der Waals surface area contributed by atoms with Gasteiger partial charge in [-0.2, -0.15) is 0 Å². The van der Waals surface area contributed by atoms with E-state index < -0.39 is 0 Å². The summed E-state index contributed by atoms with van der Waals surface area (Å²) in [5.41, 5.74) is 1.47. The van der Waals surface area contributed by atoms with Gasteiger partial charge in [0.25, 0.3) is 0 Å². The lowest BCUT2D eigenvalue weighted by Gasteiger charge is -2.37. The van der Waals surface area contributed by atoms with E-state index in [0.717, 1.165) is 18.4 Å². The van der Waals surface area contributed by atoms with E-state index >= 15 is 0 Å². The predicted octanol–water partition coefficient (Wildman–Crippen LogP) is 3.42. The van der Waals surface area contributed by atoms with Crippen LogP contribution in [0.1, 0.15) is 41.6 Å². The molecule has 2 fully saturated rings. The minimum Gasteiger partial charge on any atom is -0.445 e. The summed E-state index contributed by atoms with van der Waals surface area (Å²) in [7, 11) is 0. The Labute approximate surface area is 179 Å². The van der Waals surface area contributed by atoms with Gasteiger partial charge < -0.3 is 9.64 Å². The van der Waals surface area contributed by atoms with Crippen LogP contribution in [0.4, 0.5) is 4.79 Å². The van der Waals surface area contributed by atoms with Crippen molar-refractivity contribution in [3.63, 3.8) is 0 Å². The lowest BCUT2D eigenvalue weighted by Crippen LogP contribution is -2.48. The number of fused-ring (bicyclic) bond motifs is 2. The molecule has 2 saturated heterocycles. The molecule has 0 spiro atoms. The molecule has 2 bridgehead atoms. The van der Waals surface area contributed by atoms with E-state index in [2.05, 4.69) is 15.0 Å². The van der Waals surface area contributed by atoms with E-state index in [-0.39, 0.29) is 36.5 Å². The maximum absolute atomic E-state index is 13.1. The fourth-order valence-corrected chi connectivity index (χ4v) is 4.68. The molecule has 8 nitrogen and oxygen atoms in total. The monoisotopic (exact) mass is 417 g/mol. The van der Waals surface area contributed by atoms with Gasteiger partial charge in [-0.05, 0) is 31.2 Å². The van der Waals surface area contributed by atoms with Crippen molar-refractivity contribution in [1.82, 2.24) is 24.4 Å². The molecule has 0 N–H and O–H groups in total. The van der Waals surface area contributed by atoms with Crippen LogP contribution >= 0.6 is 0 Å². The molecule has 31 heavy (non-hydrogen) atoms. The zero-order chi connectivity index (χ0) is 21.2. The number of piperidine rings is 1. The van der Waals surface area contributed by atoms with Gasteiger partial charge in [-0.3, -0.25) is 9.36 Å². The summed E-state index contributed by atoms with van der Waals surface area (Å²) in [5.74, 6) is 0.398. The standard InChI is InChI=1S/C23H23N5O3/c29-21(18-12-25-22(26-13-18)27-9-8-24-15-27)17-10-19-6-7-20(11-17)28(19)23(30)31-14-16-4-2-1-3-5-16/h1-5,8-9,12-13,15,17,19-20H,6-7,10-11,14H2. The van der Waals surface area contributed by atoms with Gasteiger partial charge in [-0.25, -0.2) is 19.7 Å². The number of amides is 1. The molecule has 2 atom stereocenters. The van der Waals surface area contributed by atoms with Crippen molar-refractivity contribution in [2.75, 3.05) is 0 Å². The van der Waals surface area contributed by atoms with Crippen molar-refractivity contribution >= 4 is 11.9 Å². The van der Waals surface area contributed by atoms with E-state index in [4.69, 9.17) is 4.74 Å². The summed E-state index contributed by atoms with van der Waals surface area (Å²) in [4.78, 5) is 40.2. The third kappa shape index (κ3) is 3.93. The second-order valence-electron chi connectivity index (χ2n) is 8.11. The van der Waals surface area contributed by atoms with Crippen molar-refractivity contribution in [1.29, 1.82) is 0 Å². The molecule has 3 aromatic rings. The second kappa shape index (κ2) is 8.29. The van der Waals surface area contributed by atoms with Gasteiger partial charge in [-0.15, -0.1) is 0 Å². The van der Waals surface area contributed by atoms with Gasteiger partial charge in [-0.1, -0.05) is 30.3 Å². The number of imidazole rings is 1. The smallest absolute Gasteiger partial charge is 0.410 e. The van der Waals surface area contributed by atoms with Gasteiger partial charge in [0, 0.05) is 42.8 Å². The SMILES string of the molecule is O=C(c1cnc(-n2ccnc2)nc1)C1CC2CCC(C1)N2C(=O)OCc1ccccc1. The minimum atomic E-state index is -0.282. The van der Waals surface area contributed by atoms with E-state index in [9.17, 15) is 9.59 Å². The van der Waals surface area contributed by atoms with E-state index in [1.54, 1.807) is 35.7 Å². The lowest BCUT2D eigenvalue weighted by molar-refractivity contribution is 0.0485. The average Bonchev–Trinajstić information content (AvgIpc) is 3.44. The average molecular weight is 417 g/mol. The predicted molar refractivity (Wildman–Crippen MR) is 111 cm³/mol. The molecule has 8 heteroatoms. The topological polar surface area (TPSA) is 90.2 Å². The van der Waals surface area contributed by atoms with Crippen LogP contribution in [0.2, 0.25) is 0 Å². The number of rotatable bonds is 5. The third-order valence-electron chi connectivity index (χ3n) is 6.18. The first-order chi connectivity index (χ1) is 15.2. The highest BCUT2D eigenvalue weighted by Gasteiger charge is 2.46. The highest BCUT2D eigenvalue weighted by Crippen LogP contribution is 2.40. The number of Topliss-reactive ketones (excluding diaryl/α,β-unsaturated/α-hetero) is 1. The van der Waals surface area contributed by atoms with E-state index in [1.807, 2.05) is 35.2 Å².